The fraction of sp³-hybridized carbons (Fsp3) is 0.900. The van der Waals surface area contributed by atoms with Crippen LogP contribution in [-0.4, -0.2) is 46.0 Å². The summed E-state index contributed by atoms with van der Waals surface area (Å²) in [6, 6.07) is 0. The molecule has 3 N–H and O–H groups in total. The molecule has 0 rings (SSSR count). The van der Waals surface area contributed by atoms with Gasteiger partial charge in [0.15, 0.2) is 5.96 Å². The number of hydrogen-bond donors (Lipinski definition) is 2. The molecule has 0 amide bonds. The van der Waals surface area contributed by atoms with Crippen molar-refractivity contribution in [3.8, 4) is 0 Å². The van der Waals surface area contributed by atoms with Gasteiger partial charge >= 0.3 is 0 Å². The van der Waals surface area contributed by atoms with Crippen LogP contribution >= 0.6 is 24.0 Å². The molecule has 0 saturated heterocycles. The Morgan fingerprint density at radius 2 is 2.06 bits per heavy atom. The zero-order valence-corrected chi connectivity index (χ0v) is 12.5. The van der Waals surface area contributed by atoms with Crippen molar-refractivity contribution in [2.24, 2.45) is 10.7 Å². The first-order valence-electron chi connectivity index (χ1n) is 5.41. The number of nitrogens with one attached hydrogen (secondary N) is 1. The number of guanidine groups is 1. The van der Waals surface area contributed by atoms with Crippen molar-refractivity contribution < 1.29 is 9.47 Å². The molecular formula is C10H24IN3O2. The Morgan fingerprint density at radius 3 is 2.69 bits per heavy atom. The standard InChI is InChI=1S/C10H23N3O2.HI/c1-3-5-12-10(11)13-6-4-7-15-9-8-14-2;/h3-9H2,1-2H3,(H3,11,12,13);1H. The van der Waals surface area contributed by atoms with Gasteiger partial charge in [-0.25, -0.2) is 0 Å². The van der Waals surface area contributed by atoms with Gasteiger partial charge in [0.2, 0.25) is 0 Å². The van der Waals surface area contributed by atoms with E-state index in [4.69, 9.17) is 15.2 Å². The van der Waals surface area contributed by atoms with E-state index in [0.29, 0.717) is 19.2 Å². The summed E-state index contributed by atoms with van der Waals surface area (Å²) in [5.74, 6) is 0.522. The normalized spacial score (nSPS) is 11.0. The van der Waals surface area contributed by atoms with Gasteiger partial charge in [0, 0.05) is 26.8 Å². The smallest absolute Gasteiger partial charge is 0.188 e. The first kappa shape index (κ1) is 18.3. The predicted octanol–water partition coefficient (Wildman–Crippen LogP) is 0.972. The lowest BCUT2D eigenvalue weighted by Gasteiger charge is -2.06. The molecule has 0 fully saturated rings. The number of rotatable bonds is 9. The molecule has 0 aliphatic rings. The molecule has 6 heteroatoms. The first-order valence-corrected chi connectivity index (χ1v) is 5.41. The summed E-state index contributed by atoms with van der Waals surface area (Å²) in [6.45, 7) is 5.66. The predicted molar refractivity (Wildman–Crippen MR) is 77.5 cm³/mol. The van der Waals surface area contributed by atoms with Crippen molar-refractivity contribution >= 4 is 29.9 Å². The van der Waals surface area contributed by atoms with E-state index in [2.05, 4.69) is 17.2 Å². The number of nitrogens with two attached hydrogens (primary N) is 1. The fourth-order valence-corrected chi connectivity index (χ4v) is 0.923. The van der Waals surface area contributed by atoms with Crippen LogP contribution < -0.4 is 11.1 Å². The Hall–Kier alpha value is -0.0800. The lowest BCUT2D eigenvalue weighted by Crippen LogP contribution is -2.33. The van der Waals surface area contributed by atoms with E-state index in [9.17, 15) is 0 Å². The Balaban J connectivity index is 0. The molecule has 98 valence electrons. The monoisotopic (exact) mass is 345 g/mol. The highest BCUT2D eigenvalue weighted by Crippen LogP contribution is 1.82. The number of aliphatic imine (C=N–C) groups is 1. The summed E-state index contributed by atoms with van der Waals surface area (Å²) >= 11 is 0. The molecule has 5 nitrogen and oxygen atoms in total. The van der Waals surface area contributed by atoms with E-state index in [0.717, 1.165) is 32.5 Å². The highest BCUT2D eigenvalue weighted by atomic mass is 127. The van der Waals surface area contributed by atoms with Crippen LogP contribution in [-0.2, 0) is 9.47 Å². The molecule has 0 aromatic carbocycles. The summed E-state index contributed by atoms with van der Waals surface area (Å²) < 4.78 is 10.1. The summed E-state index contributed by atoms with van der Waals surface area (Å²) in [5, 5.41) is 3.02. The highest BCUT2D eigenvalue weighted by Gasteiger charge is 1.91. The van der Waals surface area contributed by atoms with Crippen LogP contribution in [0.2, 0.25) is 0 Å². The second kappa shape index (κ2) is 14.9. The number of hydrogen-bond acceptors (Lipinski definition) is 3. The third kappa shape index (κ3) is 13.9. The molecule has 16 heavy (non-hydrogen) atoms. The molecule has 0 saturated carbocycles. The summed E-state index contributed by atoms with van der Waals surface area (Å²) in [5.41, 5.74) is 5.60. The second-order valence-electron chi connectivity index (χ2n) is 3.15. The van der Waals surface area contributed by atoms with E-state index in [1.54, 1.807) is 7.11 Å². The third-order valence-corrected chi connectivity index (χ3v) is 1.71. The van der Waals surface area contributed by atoms with Gasteiger partial charge in [-0.2, -0.15) is 0 Å². The van der Waals surface area contributed by atoms with Gasteiger partial charge in [0.25, 0.3) is 0 Å². The van der Waals surface area contributed by atoms with Crippen LogP contribution in [0.3, 0.4) is 0 Å². The molecule has 0 aliphatic heterocycles. The van der Waals surface area contributed by atoms with Crippen LogP contribution in [0.4, 0.5) is 0 Å². The Bertz CT molecular complexity index is 168. The van der Waals surface area contributed by atoms with Gasteiger partial charge < -0.3 is 20.5 Å². The summed E-state index contributed by atoms with van der Waals surface area (Å²) in [4.78, 5) is 4.11. The minimum Gasteiger partial charge on any atom is -0.382 e. The fourth-order valence-electron chi connectivity index (χ4n) is 0.923. The summed E-state index contributed by atoms with van der Waals surface area (Å²) in [7, 11) is 1.66. The van der Waals surface area contributed by atoms with Crippen LogP contribution in [0.1, 0.15) is 19.8 Å². The molecule has 0 heterocycles. The van der Waals surface area contributed by atoms with Gasteiger partial charge in [-0.05, 0) is 12.8 Å². The SMILES string of the molecule is CCCN=C(N)NCCCOCCOC.I. The van der Waals surface area contributed by atoms with Crippen molar-refractivity contribution in [3.05, 3.63) is 0 Å². The zero-order valence-electron chi connectivity index (χ0n) is 10.2. The van der Waals surface area contributed by atoms with Gasteiger partial charge in [-0.3, -0.25) is 4.99 Å². The molecule has 0 aliphatic carbocycles. The van der Waals surface area contributed by atoms with Crippen LogP contribution in [0, 0.1) is 0 Å². The van der Waals surface area contributed by atoms with Crippen LogP contribution in [0.15, 0.2) is 4.99 Å². The molecule has 0 aromatic rings. The molecule has 0 atom stereocenters. The van der Waals surface area contributed by atoms with Crippen molar-refractivity contribution in [3.63, 3.8) is 0 Å². The van der Waals surface area contributed by atoms with Crippen molar-refractivity contribution in [1.82, 2.24) is 5.32 Å². The third-order valence-electron chi connectivity index (χ3n) is 1.71. The minimum atomic E-state index is 0. The Labute approximate surface area is 115 Å². The molecule has 0 bridgehead atoms. The van der Waals surface area contributed by atoms with E-state index in [-0.39, 0.29) is 24.0 Å². The van der Waals surface area contributed by atoms with E-state index >= 15 is 0 Å². The van der Waals surface area contributed by atoms with Gasteiger partial charge in [-0.15, -0.1) is 24.0 Å². The second-order valence-corrected chi connectivity index (χ2v) is 3.15. The topological polar surface area (TPSA) is 68.9 Å². The van der Waals surface area contributed by atoms with Crippen molar-refractivity contribution in [2.75, 3.05) is 40.0 Å². The van der Waals surface area contributed by atoms with Crippen molar-refractivity contribution in [2.45, 2.75) is 19.8 Å². The Kier molecular flexibility index (Phi) is 17.1. The van der Waals surface area contributed by atoms with Crippen LogP contribution in [0.5, 0.6) is 0 Å². The molecule has 0 unspecified atom stereocenters. The molecular weight excluding hydrogens is 321 g/mol. The van der Waals surface area contributed by atoms with Gasteiger partial charge in [-0.1, -0.05) is 6.92 Å². The van der Waals surface area contributed by atoms with E-state index < -0.39 is 0 Å². The number of ether oxygens (including phenoxy) is 2. The first-order chi connectivity index (χ1) is 7.31. The highest BCUT2D eigenvalue weighted by molar-refractivity contribution is 14.0. The van der Waals surface area contributed by atoms with Gasteiger partial charge in [0.05, 0.1) is 13.2 Å². The quantitative estimate of drug-likeness (QED) is 0.283. The minimum absolute atomic E-state index is 0. The zero-order chi connectivity index (χ0) is 11.4. The number of halogens is 1. The average molecular weight is 345 g/mol. The van der Waals surface area contributed by atoms with E-state index in [1.807, 2.05) is 0 Å². The maximum absolute atomic E-state index is 5.60. The maximum Gasteiger partial charge on any atom is 0.188 e. The van der Waals surface area contributed by atoms with Crippen molar-refractivity contribution in [1.29, 1.82) is 0 Å². The molecule has 0 aromatic heterocycles. The average Bonchev–Trinajstić information content (AvgIpc) is 2.25. The number of methoxy groups -OCH3 is 1. The molecule has 0 radical (unpaired) electrons. The summed E-state index contributed by atoms with van der Waals surface area (Å²) in [6.07, 6.45) is 1.94. The van der Waals surface area contributed by atoms with E-state index in [1.165, 1.54) is 0 Å². The Morgan fingerprint density at radius 1 is 1.31 bits per heavy atom. The van der Waals surface area contributed by atoms with Gasteiger partial charge in [0.1, 0.15) is 0 Å². The largest absolute Gasteiger partial charge is 0.382 e. The number of nitrogens with zero attached hydrogens (tertiary/aromatic N) is 1. The molecule has 0 spiro atoms. The van der Waals surface area contributed by atoms with Crippen LogP contribution in [0.25, 0.3) is 0 Å². The lowest BCUT2D eigenvalue weighted by molar-refractivity contribution is 0.0699. The lowest BCUT2D eigenvalue weighted by atomic mass is 10.4. The maximum atomic E-state index is 5.60.